The number of carbonyl (C=O) groups excluding carboxylic acids is 1. The summed E-state index contributed by atoms with van der Waals surface area (Å²) in [5, 5.41) is 36.6. The van der Waals surface area contributed by atoms with Crippen LogP contribution in [0.15, 0.2) is 101 Å². The number of thiophene rings is 2. The van der Waals surface area contributed by atoms with Crippen LogP contribution < -0.4 is 0 Å². The maximum Gasteiger partial charge on any atom is 0.151 e. The van der Waals surface area contributed by atoms with Gasteiger partial charge in [0.15, 0.2) is 6.29 Å². The summed E-state index contributed by atoms with van der Waals surface area (Å²) in [5.41, 5.74) is 5.89. The summed E-state index contributed by atoms with van der Waals surface area (Å²) in [6.07, 6.45) is 2.33. The van der Waals surface area contributed by atoms with Gasteiger partial charge in [-0.05, 0) is 75.5 Å². The number of benzene rings is 4. The molecule has 0 saturated carbocycles. The minimum absolute atomic E-state index is 0.254. The van der Waals surface area contributed by atoms with Crippen LogP contribution in [0.25, 0.3) is 42.4 Å². The number of aromatic hydroxyl groups is 2. The average Bonchev–Trinajstić information content (AvgIpc) is 3.61. The number of hydrogen-bond donors (Lipinski definition) is 3. The van der Waals surface area contributed by atoms with Crippen molar-refractivity contribution in [2.24, 2.45) is 5.16 Å². The molecule has 37 heavy (non-hydrogen) atoms. The molecule has 0 unspecified atom stereocenters. The fourth-order valence-electron chi connectivity index (χ4n) is 4.21. The Kier molecular flexibility index (Phi) is 6.98. The van der Waals surface area contributed by atoms with Gasteiger partial charge < -0.3 is 15.4 Å². The monoisotopic (exact) mass is 523 g/mol. The molecule has 3 N–H and O–H groups in total. The molecule has 7 heteroatoms. The molecule has 0 amide bonds. The second kappa shape index (κ2) is 10.7. The largest absolute Gasteiger partial charge is 0.508 e. The summed E-state index contributed by atoms with van der Waals surface area (Å²) in [6.45, 7) is 0. The van der Waals surface area contributed by atoms with Crippen molar-refractivity contribution >= 4 is 55.3 Å². The predicted molar refractivity (Wildman–Crippen MR) is 153 cm³/mol. The third-order valence-corrected chi connectivity index (χ3v) is 7.90. The molecule has 0 aliphatic carbocycles. The summed E-state index contributed by atoms with van der Waals surface area (Å²) >= 11 is 3.18. The van der Waals surface area contributed by atoms with Crippen LogP contribution in [0.1, 0.15) is 15.9 Å². The van der Waals surface area contributed by atoms with E-state index in [2.05, 4.69) is 11.2 Å². The maximum atomic E-state index is 11.0. The van der Waals surface area contributed by atoms with E-state index in [1.165, 1.54) is 6.21 Å². The van der Waals surface area contributed by atoms with Gasteiger partial charge in [0.25, 0.3) is 0 Å². The minimum atomic E-state index is 0.254. The summed E-state index contributed by atoms with van der Waals surface area (Å²) in [4.78, 5) is 11.0. The van der Waals surface area contributed by atoms with Gasteiger partial charge in [0.1, 0.15) is 11.5 Å². The van der Waals surface area contributed by atoms with Crippen LogP contribution in [0.2, 0.25) is 0 Å². The Morgan fingerprint density at radius 2 is 1.05 bits per heavy atom. The molecule has 0 aliphatic rings. The van der Waals surface area contributed by atoms with Crippen molar-refractivity contribution < 1.29 is 20.2 Å². The molecule has 6 aromatic rings. The number of oxime groups is 1. The van der Waals surface area contributed by atoms with Crippen LogP contribution in [0, 0.1) is 0 Å². The zero-order chi connectivity index (χ0) is 25.8. The first-order valence-electron chi connectivity index (χ1n) is 11.3. The number of phenolic OH excluding ortho intramolecular Hbond substituents is 2. The molecule has 6 rings (SSSR count). The summed E-state index contributed by atoms with van der Waals surface area (Å²) in [7, 11) is 0. The lowest BCUT2D eigenvalue weighted by molar-refractivity contribution is 0.112. The Labute approximate surface area is 220 Å². The van der Waals surface area contributed by atoms with Crippen molar-refractivity contribution in [3.05, 3.63) is 107 Å². The summed E-state index contributed by atoms with van der Waals surface area (Å²) in [5.74, 6) is 0.513. The molecule has 0 radical (unpaired) electrons. The van der Waals surface area contributed by atoms with Gasteiger partial charge >= 0.3 is 0 Å². The van der Waals surface area contributed by atoms with Gasteiger partial charge in [0, 0.05) is 31.3 Å². The van der Waals surface area contributed by atoms with Gasteiger partial charge in [0.05, 0.1) is 6.21 Å². The fourth-order valence-corrected chi connectivity index (χ4v) is 6.01. The Hall–Kier alpha value is -4.46. The van der Waals surface area contributed by atoms with Crippen LogP contribution >= 0.6 is 22.7 Å². The second-order valence-corrected chi connectivity index (χ2v) is 10.0. The van der Waals surface area contributed by atoms with Crippen molar-refractivity contribution in [2.45, 2.75) is 0 Å². The van der Waals surface area contributed by atoms with E-state index in [0.29, 0.717) is 0 Å². The molecule has 0 aliphatic heterocycles. The third-order valence-electron chi connectivity index (χ3n) is 5.97. The molecule has 0 saturated heterocycles. The van der Waals surface area contributed by atoms with E-state index in [-0.39, 0.29) is 11.5 Å². The highest BCUT2D eigenvalue weighted by Gasteiger charge is 2.09. The third kappa shape index (κ3) is 4.95. The number of hydrogen-bond acceptors (Lipinski definition) is 7. The van der Waals surface area contributed by atoms with Crippen molar-refractivity contribution in [3.63, 3.8) is 0 Å². The molecule has 4 aromatic carbocycles. The standard InChI is InChI=1S/C15H11NO2S.C15H10O2S/c17-12-4-1-10(2-5-12)13-6-3-11(9-16-18)15-14(13)7-8-19-15;16-9-11-3-6-13(14-7-8-18-15(11)14)10-1-4-12(17)5-2-10/h1-9,17-18H;1-9,17H/b16-9+;. The number of rotatable bonds is 4. The van der Waals surface area contributed by atoms with E-state index in [9.17, 15) is 15.0 Å². The van der Waals surface area contributed by atoms with E-state index >= 15 is 0 Å². The fraction of sp³-hybridized carbons (Fsp3) is 0. The molecule has 5 nitrogen and oxygen atoms in total. The minimum Gasteiger partial charge on any atom is -0.508 e. The highest BCUT2D eigenvalue weighted by molar-refractivity contribution is 7.18. The predicted octanol–water partition coefficient (Wildman–Crippen LogP) is 8.17. The number of carbonyl (C=O) groups is 1. The smallest absolute Gasteiger partial charge is 0.151 e. The number of fused-ring (bicyclic) bond motifs is 2. The molecule has 182 valence electrons. The van der Waals surface area contributed by atoms with E-state index in [4.69, 9.17) is 5.21 Å². The average molecular weight is 524 g/mol. The van der Waals surface area contributed by atoms with Crippen LogP contribution in [0.4, 0.5) is 0 Å². The van der Waals surface area contributed by atoms with Crippen molar-refractivity contribution in [1.29, 1.82) is 0 Å². The van der Waals surface area contributed by atoms with Gasteiger partial charge in [-0.15, -0.1) is 22.7 Å². The SMILES string of the molecule is O/N=C/c1ccc(-c2ccc(O)cc2)c2ccsc12.O=Cc1ccc(-c2ccc(O)cc2)c2ccsc12. The van der Waals surface area contributed by atoms with Gasteiger partial charge in [-0.3, -0.25) is 4.79 Å². The second-order valence-electron chi connectivity index (χ2n) is 8.19. The molecule has 2 aromatic heterocycles. The van der Waals surface area contributed by atoms with Crippen molar-refractivity contribution in [3.8, 4) is 33.8 Å². The number of aldehydes is 1. The molecular weight excluding hydrogens is 502 g/mol. The Bertz CT molecular complexity index is 1720. The highest BCUT2D eigenvalue weighted by Crippen LogP contribution is 2.35. The number of phenols is 2. The quantitative estimate of drug-likeness (QED) is 0.0941. The highest BCUT2D eigenvalue weighted by atomic mass is 32.1. The number of nitrogens with zero attached hydrogens (tertiary/aromatic N) is 1. The molecule has 0 spiro atoms. The normalized spacial score (nSPS) is 11.0. The van der Waals surface area contributed by atoms with Crippen LogP contribution in [-0.2, 0) is 0 Å². The molecule has 2 heterocycles. The Morgan fingerprint density at radius 1 is 0.595 bits per heavy atom. The summed E-state index contributed by atoms with van der Waals surface area (Å²) < 4.78 is 2.10. The lowest BCUT2D eigenvalue weighted by atomic mass is 10.00. The van der Waals surface area contributed by atoms with E-state index in [1.807, 2.05) is 65.4 Å². The lowest BCUT2D eigenvalue weighted by Crippen LogP contribution is -1.84. The van der Waals surface area contributed by atoms with E-state index < -0.39 is 0 Å². The van der Waals surface area contributed by atoms with Crippen molar-refractivity contribution in [1.82, 2.24) is 0 Å². The van der Waals surface area contributed by atoms with Gasteiger partial charge in [-0.2, -0.15) is 0 Å². The molecule has 0 atom stereocenters. The lowest BCUT2D eigenvalue weighted by Gasteiger charge is -2.06. The van der Waals surface area contributed by atoms with Gasteiger partial charge in [-0.25, -0.2) is 0 Å². The molecule has 0 fully saturated rings. The van der Waals surface area contributed by atoms with E-state index in [1.54, 1.807) is 46.9 Å². The van der Waals surface area contributed by atoms with Crippen LogP contribution in [0.5, 0.6) is 11.5 Å². The molecular formula is C30H21NO4S2. The first kappa shape index (κ1) is 24.2. The van der Waals surface area contributed by atoms with Crippen molar-refractivity contribution in [2.75, 3.05) is 0 Å². The Morgan fingerprint density at radius 3 is 1.51 bits per heavy atom. The molecule has 0 bridgehead atoms. The van der Waals surface area contributed by atoms with Gasteiger partial charge in [0.2, 0.25) is 0 Å². The maximum absolute atomic E-state index is 11.0. The topological polar surface area (TPSA) is 90.1 Å². The van der Waals surface area contributed by atoms with Crippen LogP contribution in [-0.4, -0.2) is 27.9 Å². The van der Waals surface area contributed by atoms with E-state index in [0.717, 1.165) is 59.8 Å². The first-order valence-corrected chi connectivity index (χ1v) is 13.1. The first-order chi connectivity index (χ1) is 18.1. The zero-order valence-corrected chi connectivity index (χ0v) is 21.0. The van der Waals surface area contributed by atoms with Crippen LogP contribution in [0.3, 0.4) is 0 Å². The summed E-state index contributed by atoms with van der Waals surface area (Å²) in [6, 6.07) is 26.0. The van der Waals surface area contributed by atoms with Gasteiger partial charge in [-0.1, -0.05) is 47.6 Å². The Balaban J connectivity index is 0.000000152. The zero-order valence-electron chi connectivity index (χ0n) is 19.4.